The molecule has 0 saturated carbocycles. The van der Waals surface area contributed by atoms with Crippen LogP contribution in [-0.4, -0.2) is 54.3 Å². The molecule has 1 fully saturated rings. The van der Waals surface area contributed by atoms with Crippen molar-refractivity contribution in [3.8, 4) is 0 Å². The van der Waals surface area contributed by atoms with Crippen LogP contribution >= 0.6 is 49.4 Å². The van der Waals surface area contributed by atoms with E-state index in [1.807, 2.05) is 0 Å². The van der Waals surface area contributed by atoms with E-state index in [1.165, 1.54) is 29.5 Å². The zero-order chi connectivity index (χ0) is 17.8. The van der Waals surface area contributed by atoms with Gasteiger partial charge in [-0.2, -0.15) is 0 Å². The molecule has 2 heterocycles. The van der Waals surface area contributed by atoms with E-state index >= 15 is 0 Å². The Kier molecular flexibility index (Phi) is 11.5. The number of halogens is 3. The van der Waals surface area contributed by atoms with Crippen LogP contribution in [0.4, 0.5) is 5.69 Å². The average Bonchev–Trinajstić information content (AvgIpc) is 2.68. The fourth-order valence-electron chi connectivity index (χ4n) is 3.94. The zero-order valence-electron chi connectivity index (χ0n) is 16.4. The highest BCUT2D eigenvalue weighted by Crippen LogP contribution is 2.33. The second-order valence-electron chi connectivity index (χ2n) is 7.11. The summed E-state index contributed by atoms with van der Waals surface area (Å²) in [5.41, 5.74) is 4.80. The van der Waals surface area contributed by atoms with Crippen LogP contribution < -0.4 is 16.0 Å². The largest absolute Gasteiger partial charge is 0.361 e. The Morgan fingerprint density at radius 1 is 1.07 bits per heavy atom. The van der Waals surface area contributed by atoms with Crippen molar-refractivity contribution in [3.63, 3.8) is 0 Å². The van der Waals surface area contributed by atoms with Crippen LogP contribution in [0.3, 0.4) is 0 Å². The van der Waals surface area contributed by atoms with E-state index in [2.05, 4.69) is 45.1 Å². The minimum Gasteiger partial charge on any atom is -0.361 e. The van der Waals surface area contributed by atoms with Crippen molar-refractivity contribution in [2.45, 2.75) is 25.7 Å². The first kappa shape index (κ1) is 26.1. The standard InChI is InChI=1S/C20H27N5S.3ClH/c26-20(22-11-14-25-12-9-21-10-13-25)24-19-15-5-1-3-7-17(15)23-18-8-4-2-6-16(18)19;;;/h1,3,5,7,21H,2,4,6,8-14H2,(H2,22,23,24,26);3*1H. The van der Waals surface area contributed by atoms with Gasteiger partial charge in [-0.05, 0) is 49.5 Å². The number of aryl methyl sites for hydroxylation is 1. The molecule has 162 valence electrons. The van der Waals surface area contributed by atoms with Crippen LogP contribution in [0.2, 0.25) is 0 Å². The molecule has 3 N–H and O–H groups in total. The Labute approximate surface area is 197 Å². The third-order valence-corrected chi connectivity index (χ3v) is 5.58. The van der Waals surface area contributed by atoms with Crippen LogP contribution in [0, 0.1) is 0 Å². The SMILES string of the molecule is Cl.Cl.Cl.S=C(NCCN1CCNCC1)Nc1c2c(nc3ccccc13)CCCC2. The maximum absolute atomic E-state index is 5.60. The van der Waals surface area contributed by atoms with Gasteiger partial charge in [0.1, 0.15) is 0 Å². The number of piperazine rings is 1. The predicted octanol–water partition coefficient (Wildman–Crippen LogP) is 3.57. The lowest BCUT2D eigenvalue weighted by Gasteiger charge is -2.27. The topological polar surface area (TPSA) is 52.2 Å². The summed E-state index contributed by atoms with van der Waals surface area (Å²) in [5, 5.41) is 12.2. The van der Waals surface area contributed by atoms with Gasteiger partial charge in [-0.25, -0.2) is 0 Å². The number of hydrogen-bond donors (Lipinski definition) is 3. The molecule has 1 aliphatic carbocycles. The molecule has 1 aromatic heterocycles. The molecule has 0 amide bonds. The minimum absolute atomic E-state index is 0. The summed E-state index contributed by atoms with van der Waals surface area (Å²) in [6.45, 7) is 6.29. The first-order valence-corrected chi connectivity index (χ1v) is 10.1. The lowest BCUT2D eigenvalue weighted by Crippen LogP contribution is -2.46. The molecule has 2 aliphatic rings. The molecular weight excluding hydrogens is 449 g/mol. The van der Waals surface area contributed by atoms with Gasteiger partial charge >= 0.3 is 0 Å². The van der Waals surface area contributed by atoms with Crippen LogP contribution in [0.25, 0.3) is 10.9 Å². The fraction of sp³-hybridized carbons (Fsp3) is 0.500. The normalized spacial score (nSPS) is 15.9. The molecule has 1 aliphatic heterocycles. The van der Waals surface area contributed by atoms with E-state index in [0.717, 1.165) is 63.3 Å². The molecule has 4 rings (SSSR count). The van der Waals surface area contributed by atoms with Crippen LogP contribution in [0.1, 0.15) is 24.1 Å². The minimum atomic E-state index is 0. The third-order valence-electron chi connectivity index (χ3n) is 5.33. The first-order chi connectivity index (χ1) is 12.8. The zero-order valence-corrected chi connectivity index (χ0v) is 19.7. The number of nitrogens with zero attached hydrogens (tertiary/aromatic N) is 2. The Morgan fingerprint density at radius 3 is 2.59 bits per heavy atom. The van der Waals surface area contributed by atoms with Crippen molar-refractivity contribution in [2.24, 2.45) is 0 Å². The second-order valence-corrected chi connectivity index (χ2v) is 7.52. The van der Waals surface area contributed by atoms with Crippen molar-refractivity contribution in [2.75, 3.05) is 44.6 Å². The molecule has 5 nitrogen and oxygen atoms in total. The number of anilines is 1. The number of hydrogen-bond acceptors (Lipinski definition) is 4. The van der Waals surface area contributed by atoms with Crippen molar-refractivity contribution in [1.29, 1.82) is 0 Å². The number of benzene rings is 1. The van der Waals surface area contributed by atoms with Crippen molar-refractivity contribution >= 4 is 71.1 Å². The van der Waals surface area contributed by atoms with Gasteiger partial charge in [0.15, 0.2) is 5.11 Å². The summed E-state index contributed by atoms with van der Waals surface area (Å²) in [4.78, 5) is 7.36. The average molecular weight is 479 g/mol. The molecule has 0 atom stereocenters. The van der Waals surface area contributed by atoms with Gasteiger partial charge in [0.2, 0.25) is 0 Å². The molecule has 9 heteroatoms. The van der Waals surface area contributed by atoms with Crippen LogP contribution in [0.15, 0.2) is 24.3 Å². The summed E-state index contributed by atoms with van der Waals surface area (Å²) >= 11 is 5.60. The van der Waals surface area contributed by atoms with Gasteiger partial charge in [0.25, 0.3) is 0 Å². The van der Waals surface area contributed by atoms with Crippen molar-refractivity contribution in [3.05, 3.63) is 35.5 Å². The number of pyridine rings is 1. The van der Waals surface area contributed by atoms with Crippen molar-refractivity contribution < 1.29 is 0 Å². The molecule has 0 radical (unpaired) electrons. The highest BCUT2D eigenvalue weighted by molar-refractivity contribution is 7.80. The number of para-hydroxylation sites is 1. The summed E-state index contributed by atoms with van der Waals surface area (Å²) in [5.74, 6) is 0. The van der Waals surface area contributed by atoms with Gasteiger partial charge in [0, 0.05) is 50.3 Å². The first-order valence-electron chi connectivity index (χ1n) is 9.70. The molecule has 2 aromatic rings. The van der Waals surface area contributed by atoms with E-state index in [1.54, 1.807) is 0 Å². The van der Waals surface area contributed by atoms with Gasteiger partial charge in [-0.15, -0.1) is 37.2 Å². The fourth-order valence-corrected chi connectivity index (χ4v) is 4.14. The predicted molar refractivity (Wildman–Crippen MR) is 134 cm³/mol. The third kappa shape index (κ3) is 6.54. The maximum atomic E-state index is 5.60. The molecule has 0 unspecified atom stereocenters. The summed E-state index contributed by atoms with van der Waals surface area (Å²) < 4.78 is 0. The Balaban J connectivity index is 0.00000140. The molecule has 0 bridgehead atoms. The Bertz CT molecular complexity index is 799. The monoisotopic (exact) mass is 477 g/mol. The summed E-state index contributed by atoms with van der Waals surface area (Å²) in [6.07, 6.45) is 4.60. The van der Waals surface area contributed by atoms with Crippen LogP contribution in [-0.2, 0) is 12.8 Å². The van der Waals surface area contributed by atoms with Gasteiger partial charge in [-0.1, -0.05) is 18.2 Å². The maximum Gasteiger partial charge on any atom is 0.170 e. The summed E-state index contributed by atoms with van der Waals surface area (Å²) in [7, 11) is 0. The number of fused-ring (bicyclic) bond motifs is 2. The number of rotatable bonds is 4. The van der Waals surface area contributed by atoms with E-state index in [-0.39, 0.29) is 37.2 Å². The van der Waals surface area contributed by atoms with Gasteiger partial charge < -0.3 is 16.0 Å². The van der Waals surface area contributed by atoms with E-state index < -0.39 is 0 Å². The summed E-state index contributed by atoms with van der Waals surface area (Å²) in [6, 6.07) is 8.36. The highest BCUT2D eigenvalue weighted by atomic mass is 35.5. The van der Waals surface area contributed by atoms with Crippen LogP contribution in [0.5, 0.6) is 0 Å². The molecular formula is C20H30Cl3N5S. The van der Waals surface area contributed by atoms with E-state index in [9.17, 15) is 0 Å². The van der Waals surface area contributed by atoms with Crippen molar-refractivity contribution in [1.82, 2.24) is 20.5 Å². The molecule has 29 heavy (non-hydrogen) atoms. The Hall–Kier alpha value is -0.890. The van der Waals surface area contributed by atoms with E-state index in [4.69, 9.17) is 17.2 Å². The smallest absolute Gasteiger partial charge is 0.170 e. The second kappa shape index (κ2) is 12.7. The molecule has 0 spiro atoms. The number of aromatic nitrogens is 1. The number of nitrogens with one attached hydrogen (secondary N) is 3. The number of thiocarbonyl (C=S) groups is 1. The van der Waals surface area contributed by atoms with E-state index in [0.29, 0.717) is 5.11 Å². The van der Waals surface area contributed by atoms with Gasteiger partial charge in [-0.3, -0.25) is 9.88 Å². The van der Waals surface area contributed by atoms with Gasteiger partial charge in [0.05, 0.1) is 11.2 Å². The molecule has 1 saturated heterocycles. The Morgan fingerprint density at radius 2 is 1.79 bits per heavy atom. The lowest BCUT2D eigenvalue weighted by atomic mass is 9.93. The quantitative estimate of drug-likeness (QED) is 0.584. The molecule has 1 aromatic carbocycles. The highest BCUT2D eigenvalue weighted by Gasteiger charge is 2.18. The lowest BCUT2D eigenvalue weighted by molar-refractivity contribution is 0.245.